The van der Waals surface area contributed by atoms with Crippen LogP contribution in [-0.2, 0) is 11.3 Å². The summed E-state index contributed by atoms with van der Waals surface area (Å²) in [6.07, 6.45) is 2.05. The highest BCUT2D eigenvalue weighted by atomic mass is 16.5. The van der Waals surface area contributed by atoms with Crippen LogP contribution in [0.2, 0.25) is 0 Å². The minimum atomic E-state index is -0.414. The number of para-hydroxylation sites is 1. The number of anilines is 1. The molecule has 0 aliphatic carbocycles. The molecule has 1 atom stereocenters. The van der Waals surface area contributed by atoms with Crippen LogP contribution < -0.4 is 5.32 Å². The summed E-state index contributed by atoms with van der Waals surface area (Å²) < 4.78 is 7.28. The van der Waals surface area contributed by atoms with Crippen LogP contribution in [-0.4, -0.2) is 28.1 Å². The van der Waals surface area contributed by atoms with Crippen LogP contribution >= 0.6 is 0 Å². The second-order valence-corrected chi connectivity index (χ2v) is 8.55. The fourth-order valence-corrected chi connectivity index (χ4v) is 4.69. The number of esters is 1. The van der Waals surface area contributed by atoms with E-state index in [9.17, 15) is 9.59 Å². The van der Waals surface area contributed by atoms with Crippen LogP contribution in [0.5, 0.6) is 0 Å². The molecule has 6 nitrogen and oxygen atoms in total. The van der Waals surface area contributed by atoms with Gasteiger partial charge in [-0.05, 0) is 66.9 Å². The summed E-state index contributed by atoms with van der Waals surface area (Å²) >= 11 is 0. The third-order valence-electron chi connectivity index (χ3n) is 6.33. The number of hydrogen-bond acceptors (Lipinski definition) is 3. The van der Waals surface area contributed by atoms with E-state index in [0.717, 1.165) is 28.1 Å². The summed E-state index contributed by atoms with van der Waals surface area (Å²) in [5, 5.41) is 3.02. The fraction of sp³-hybridized carbons (Fsp3) is 0.172. The van der Waals surface area contributed by atoms with Gasteiger partial charge in [-0.3, -0.25) is 0 Å². The van der Waals surface area contributed by atoms with Gasteiger partial charge < -0.3 is 19.5 Å². The first kappa shape index (κ1) is 22.5. The van der Waals surface area contributed by atoms with Gasteiger partial charge in [0, 0.05) is 17.6 Å². The van der Waals surface area contributed by atoms with E-state index in [2.05, 4.69) is 47.1 Å². The Kier molecular flexibility index (Phi) is 6.10. The van der Waals surface area contributed by atoms with Gasteiger partial charge in [-0.15, -0.1) is 0 Å². The zero-order chi connectivity index (χ0) is 24.4. The van der Waals surface area contributed by atoms with Crippen LogP contribution in [0, 0.1) is 6.92 Å². The number of aromatic nitrogens is 1. The molecule has 4 aromatic rings. The molecule has 176 valence electrons. The molecule has 3 aromatic carbocycles. The van der Waals surface area contributed by atoms with E-state index in [1.807, 2.05) is 41.4 Å². The fourth-order valence-electron chi connectivity index (χ4n) is 4.69. The normalized spacial score (nSPS) is 14.5. The minimum Gasteiger partial charge on any atom is -0.462 e. The molecule has 5 rings (SSSR count). The Morgan fingerprint density at radius 1 is 0.971 bits per heavy atom. The van der Waals surface area contributed by atoms with Crippen molar-refractivity contribution < 1.29 is 14.3 Å². The number of nitrogens with zero attached hydrogens (tertiary/aromatic N) is 2. The second kappa shape index (κ2) is 9.50. The number of benzene rings is 3. The molecule has 35 heavy (non-hydrogen) atoms. The Labute approximate surface area is 204 Å². The van der Waals surface area contributed by atoms with Crippen LogP contribution in [0.3, 0.4) is 0 Å². The third-order valence-corrected chi connectivity index (χ3v) is 6.33. The predicted octanol–water partition coefficient (Wildman–Crippen LogP) is 6.10. The Morgan fingerprint density at radius 2 is 1.77 bits per heavy atom. The van der Waals surface area contributed by atoms with Crippen LogP contribution in [0.1, 0.15) is 45.7 Å². The Bertz CT molecular complexity index is 1390. The van der Waals surface area contributed by atoms with E-state index in [4.69, 9.17) is 4.74 Å². The van der Waals surface area contributed by atoms with Crippen LogP contribution in [0.25, 0.3) is 5.69 Å². The molecule has 0 unspecified atom stereocenters. The van der Waals surface area contributed by atoms with Crippen molar-refractivity contribution in [1.29, 1.82) is 0 Å². The Hall–Kier alpha value is -4.32. The van der Waals surface area contributed by atoms with Crippen molar-refractivity contribution in [3.8, 4) is 5.69 Å². The van der Waals surface area contributed by atoms with Crippen molar-refractivity contribution in [2.45, 2.75) is 26.4 Å². The maximum Gasteiger partial charge on any atom is 0.338 e. The van der Waals surface area contributed by atoms with E-state index in [-0.39, 0.29) is 12.1 Å². The van der Waals surface area contributed by atoms with E-state index in [1.54, 1.807) is 31.2 Å². The summed E-state index contributed by atoms with van der Waals surface area (Å²) in [6, 6.07) is 26.7. The molecule has 0 spiro atoms. The van der Waals surface area contributed by atoms with E-state index < -0.39 is 5.97 Å². The lowest BCUT2D eigenvalue weighted by molar-refractivity contribution is 0.0526. The molecular formula is C29H27N3O3. The van der Waals surface area contributed by atoms with Crippen molar-refractivity contribution in [2.75, 3.05) is 11.9 Å². The molecule has 2 amide bonds. The number of hydrogen-bond donors (Lipinski definition) is 1. The molecule has 0 saturated heterocycles. The number of amides is 2. The van der Waals surface area contributed by atoms with E-state index in [1.165, 1.54) is 0 Å². The van der Waals surface area contributed by atoms with Gasteiger partial charge in [0.05, 0.1) is 24.4 Å². The van der Waals surface area contributed by atoms with Crippen LogP contribution in [0.15, 0.2) is 91.1 Å². The first-order chi connectivity index (χ1) is 17.1. The highest BCUT2D eigenvalue weighted by Gasteiger charge is 2.33. The van der Waals surface area contributed by atoms with Crippen molar-refractivity contribution in [3.05, 3.63) is 119 Å². The average Bonchev–Trinajstić information content (AvgIpc) is 3.29. The van der Waals surface area contributed by atoms with Gasteiger partial charge in [0.2, 0.25) is 0 Å². The summed E-state index contributed by atoms with van der Waals surface area (Å²) in [7, 11) is 0. The monoisotopic (exact) mass is 465 g/mol. The van der Waals surface area contributed by atoms with Gasteiger partial charge in [-0.25, -0.2) is 9.59 Å². The quantitative estimate of drug-likeness (QED) is 0.371. The van der Waals surface area contributed by atoms with Gasteiger partial charge >= 0.3 is 12.0 Å². The lowest BCUT2D eigenvalue weighted by Gasteiger charge is -2.32. The first-order valence-electron chi connectivity index (χ1n) is 11.7. The van der Waals surface area contributed by atoms with Gasteiger partial charge in [0.15, 0.2) is 0 Å². The highest BCUT2D eigenvalue weighted by Crippen LogP contribution is 2.38. The molecule has 0 saturated carbocycles. The zero-order valence-electron chi connectivity index (χ0n) is 19.8. The molecule has 2 heterocycles. The number of carbonyl (C=O) groups is 2. The number of fused-ring (bicyclic) bond motifs is 3. The van der Waals surface area contributed by atoms with E-state index in [0.29, 0.717) is 24.4 Å². The van der Waals surface area contributed by atoms with E-state index >= 15 is 0 Å². The minimum absolute atomic E-state index is 0.247. The van der Waals surface area contributed by atoms with Crippen molar-refractivity contribution in [2.24, 2.45) is 0 Å². The lowest BCUT2D eigenvalue weighted by Crippen LogP contribution is -2.38. The molecular weight excluding hydrogens is 438 g/mol. The standard InChI is InChI=1S/C29H27N3O3/c1-3-35-28(33)21-12-8-13-23(18-21)30-29(34)32-19-22-11-5-7-15-25(22)31-17-9-16-26(31)27(32)24-14-6-4-10-20(24)2/h4-18,27H,3,19H2,1-2H3,(H,30,34)/t27-/m1/s1. The summed E-state index contributed by atoms with van der Waals surface area (Å²) in [6.45, 7) is 4.56. The van der Waals surface area contributed by atoms with Crippen molar-refractivity contribution in [3.63, 3.8) is 0 Å². The zero-order valence-corrected chi connectivity index (χ0v) is 19.8. The third kappa shape index (κ3) is 4.30. The largest absolute Gasteiger partial charge is 0.462 e. The van der Waals surface area contributed by atoms with Crippen molar-refractivity contribution in [1.82, 2.24) is 9.47 Å². The smallest absolute Gasteiger partial charge is 0.338 e. The van der Waals surface area contributed by atoms with Crippen molar-refractivity contribution >= 4 is 17.7 Å². The maximum absolute atomic E-state index is 13.9. The SMILES string of the molecule is CCOC(=O)c1cccc(NC(=O)N2Cc3ccccc3-n3cccc3[C@H]2c2ccccc2C)c1. The number of rotatable bonds is 4. The van der Waals surface area contributed by atoms with Crippen LogP contribution in [0.4, 0.5) is 10.5 Å². The van der Waals surface area contributed by atoms with Gasteiger partial charge in [-0.1, -0.05) is 48.5 Å². The summed E-state index contributed by atoms with van der Waals surface area (Å²) in [5.41, 5.74) is 6.24. The topological polar surface area (TPSA) is 63.6 Å². The average molecular weight is 466 g/mol. The number of ether oxygens (including phenoxy) is 1. The van der Waals surface area contributed by atoms with Gasteiger partial charge in [0.25, 0.3) is 0 Å². The lowest BCUT2D eigenvalue weighted by atomic mass is 9.97. The molecule has 1 aromatic heterocycles. The number of nitrogens with one attached hydrogen (secondary N) is 1. The molecule has 1 aliphatic rings. The maximum atomic E-state index is 13.9. The number of urea groups is 1. The second-order valence-electron chi connectivity index (χ2n) is 8.55. The summed E-state index contributed by atoms with van der Waals surface area (Å²) in [5.74, 6) is -0.414. The molecule has 6 heteroatoms. The Balaban J connectivity index is 1.57. The van der Waals surface area contributed by atoms with Gasteiger partial charge in [0.1, 0.15) is 6.04 Å². The molecule has 0 fully saturated rings. The van der Waals surface area contributed by atoms with Gasteiger partial charge in [-0.2, -0.15) is 0 Å². The summed E-state index contributed by atoms with van der Waals surface area (Å²) in [4.78, 5) is 27.9. The molecule has 0 radical (unpaired) electrons. The highest BCUT2D eigenvalue weighted by molar-refractivity contribution is 5.94. The number of carbonyl (C=O) groups excluding carboxylic acids is 2. The number of aryl methyl sites for hydroxylation is 1. The molecule has 1 aliphatic heterocycles. The first-order valence-corrected chi connectivity index (χ1v) is 11.7. The molecule has 0 bridgehead atoms. The Morgan fingerprint density at radius 3 is 2.60 bits per heavy atom. The predicted molar refractivity (Wildman–Crippen MR) is 136 cm³/mol. The molecule has 1 N–H and O–H groups in total.